The van der Waals surface area contributed by atoms with Gasteiger partial charge >= 0.3 is 12.1 Å². The Morgan fingerprint density at radius 2 is 1.83 bits per heavy atom. The van der Waals surface area contributed by atoms with E-state index in [4.69, 9.17) is 14.2 Å². The van der Waals surface area contributed by atoms with Gasteiger partial charge < -0.3 is 14.2 Å². The van der Waals surface area contributed by atoms with Crippen LogP contribution >= 0.6 is 0 Å². The Morgan fingerprint density at radius 3 is 2.28 bits per heavy atom. The average molecular weight is 259 g/mol. The highest BCUT2D eigenvalue weighted by atomic mass is 16.6. The van der Waals surface area contributed by atoms with Crippen molar-refractivity contribution in [2.24, 2.45) is 0 Å². The van der Waals surface area contributed by atoms with Crippen LogP contribution in [-0.2, 0) is 19.0 Å². The maximum atomic E-state index is 12.0. The van der Waals surface area contributed by atoms with Crippen molar-refractivity contribution in [3.63, 3.8) is 0 Å². The van der Waals surface area contributed by atoms with E-state index in [0.717, 1.165) is 0 Å². The summed E-state index contributed by atoms with van der Waals surface area (Å²) in [5, 5.41) is 0. The summed E-state index contributed by atoms with van der Waals surface area (Å²) in [5.41, 5.74) is -0.594. The van der Waals surface area contributed by atoms with Gasteiger partial charge in [0, 0.05) is 13.5 Å². The first kappa shape index (κ1) is 14.8. The van der Waals surface area contributed by atoms with Crippen molar-refractivity contribution in [3.05, 3.63) is 0 Å². The minimum atomic E-state index is -0.630. The van der Waals surface area contributed by atoms with Crippen molar-refractivity contribution in [3.8, 4) is 0 Å². The van der Waals surface area contributed by atoms with Crippen molar-refractivity contribution in [1.29, 1.82) is 0 Å². The van der Waals surface area contributed by atoms with Gasteiger partial charge in [-0.15, -0.1) is 0 Å². The maximum absolute atomic E-state index is 12.0. The summed E-state index contributed by atoms with van der Waals surface area (Å²) < 4.78 is 15.1. The highest BCUT2D eigenvalue weighted by Crippen LogP contribution is 2.23. The van der Waals surface area contributed by atoms with E-state index in [1.807, 2.05) is 0 Å². The molecule has 0 N–H and O–H groups in total. The Kier molecular flexibility index (Phi) is 4.56. The molecule has 1 saturated heterocycles. The number of hydrogen-bond donors (Lipinski definition) is 0. The van der Waals surface area contributed by atoms with Gasteiger partial charge in [-0.1, -0.05) is 0 Å². The van der Waals surface area contributed by atoms with Gasteiger partial charge in [0.05, 0.1) is 19.8 Å². The van der Waals surface area contributed by atoms with Gasteiger partial charge in [-0.05, 0) is 20.8 Å². The van der Waals surface area contributed by atoms with Crippen LogP contribution in [0.1, 0.15) is 27.2 Å². The van der Waals surface area contributed by atoms with Gasteiger partial charge in [-0.2, -0.15) is 0 Å². The van der Waals surface area contributed by atoms with E-state index >= 15 is 0 Å². The molecule has 1 aliphatic rings. The molecule has 1 rings (SSSR count). The van der Waals surface area contributed by atoms with Crippen molar-refractivity contribution >= 4 is 12.1 Å². The Morgan fingerprint density at radius 1 is 1.22 bits per heavy atom. The van der Waals surface area contributed by atoms with E-state index in [-0.39, 0.29) is 6.10 Å². The van der Waals surface area contributed by atoms with E-state index in [9.17, 15) is 9.59 Å². The predicted octanol–water partition coefficient (Wildman–Crippen LogP) is 1.18. The molecular formula is C12H21NO5. The third-order valence-electron chi connectivity index (χ3n) is 2.70. The number of esters is 1. The highest BCUT2D eigenvalue weighted by Gasteiger charge is 2.42. The van der Waals surface area contributed by atoms with Crippen molar-refractivity contribution in [2.45, 2.75) is 44.9 Å². The molecule has 0 aromatic carbocycles. The molecule has 0 saturated carbocycles. The summed E-state index contributed by atoms with van der Waals surface area (Å²) in [6.07, 6.45) is -0.248. The minimum absolute atomic E-state index is 0.165. The molecular weight excluding hydrogens is 238 g/mol. The van der Waals surface area contributed by atoms with Crippen LogP contribution in [-0.4, -0.2) is 55.5 Å². The van der Waals surface area contributed by atoms with Crippen LogP contribution < -0.4 is 0 Å². The van der Waals surface area contributed by atoms with Crippen LogP contribution in [0.5, 0.6) is 0 Å². The zero-order valence-corrected chi connectivity index (χ0v) is 11.6. The standard InChI is InChI=1S/C12H21NO5/c1-12(2,3)18-11(15)13-7-8(16-4)6-9(13)10(14)17-5/h8-9H,6-7H2,1-5H3/t8?,9-/m0/s1. The number of amides is 1. The Labute approximate surface area is 107 Å². The lowest BCUT2D eigenvalue weighted by atomic mass is 10.2. The molecule has 0 spiro atoms. The van der Waals surface area contributed by atoms with Gasteiger partial charge in [0.25, 0.3) is 0 Å². The quantitative estimate of drug-likeness (QED) is 0.697. The molecule has 6 nitrogen and oxygen atoms in total. The third kappa shape index (κ3) is 3.60. The summed E-state index contributed by atoms with van der Waals surface area (Å²) >= 11 is 0. The Hall–Kier alpha value is -1.30. The van der Waals surface area contributed by atoms with Crippen LogP contribution in [0.4, 0.5) is 4.79 Å². The van der Waals surface area contributed by atoms with Gasteiger partial charge in [-0.3, -0.25) is 4.90 Å². The largest absolute Gasteiger partial charge is 0.467 e. The number of nitrogens with zero attached hydrogens (tertiary/aromatic N) is 1. The third-order valence-corrected chi connectivity index (χ3v) is 2.70. The number of carbonyl (C=O) groups excluding carboxylic acids is 2. The molecule has 0 aromatic rings. The molecule has 1 unspecified atom stereocenters. The lowest BCUT2D eigenvalue weighted by molar-refractivity contribution is -0.145. The summed E-state index contributed by atoms with van der Waals surface area (Å²) in [6.45, 7) is 5.68. The molecule has 104 valence electrons. The maximum Gasteiger partial charge on any atom is 0.411 e. The summed E-state index contributed by atoms with van der Waals surface area (Å²) in [5.74, 6) is -0.444. The number of carbonyl (C=O) groups is 2. The topological polar surface area (TPSA) is 65.1 Å². The minimum Gasteiger partial charge on any atom is -0.467 e. The average Bonchev–Trinajstić information content (AvgIpc) is 2.69. The molecule has 6 heteroatoms. The molecule has 1 fully saturated rings. The van der Waals surface area contributed by atoms with E-state index in [1.54, 1.807) is 27.9 Å². The zero-order chi connectivity index (χ0) is 13.9. The first-order chi connectivity index (χ1) is 8.28. The number of hydrogen-bond acceptors (Lipinski definition) is 5. The molecule has 18 heavy (non-hydrogen) atoms. The second-order valence-corrected chi connectivity index (χ2v) is 5.27. The number of methoxy groups -OCH3 is 2. The summed E-state index contributed by atoms with van der Waals surface area (Å²) in [7, 11) is 2.85. The smallest absolute Gasteiger partial charge is 0.411 e. The molecule has 1 heterocycles. The number of rotatable bonds is 2. The van der Waals surface area contributed by atoms with Crippen LogP contribution in [0, 0.1) is 0 Å². The van der Waals surface area contributed by atoms with Gasteiger partial charge in [0.15, 0.2) is 0 Å². The monoisotopic (exact) mass is 259 g/mol. The lowest BCUT2D eigenvalue weighted by Crippen LogP contribution is -2.44. The van der Waals surface area contributed by atoms with Crippen molar-refractivity contribution in [2.75, 3.05) is 20.8 Å². The fourth-order valence-corrected chi connectivity index (χ4v) is 1.85. The lowest BCUT2D eigenvalue weighted by Gasteiger charge is -2.27. The first-order valence-electron chi connectivity index (χ1n) is 5.88. The first-order valence-corrected chi connectivity index (χ1v) is 5.88. The van der Waals surface area contributed by atoms with E-state index in [0.29, 0.717) is 13.0 Å². The number of ether oxygens (including phenoxy) is 3. The van der Waals surface area contributed by atoms with Crippen molar-refractivity contribution in [1.82, 2.24) is 4.90 Å². The molecule has 0 radical (unpaired) electrons. The van der Waals surface area contributed by atoms with Gasteiger partial charge in [0.2, 0.25) is 0 Å². The van der Waals surface area contributed by atoms with E-state index in [2.05, 4.69) is 0 Å². The van der Waals surface area contributed by atoms with Crippen LogP contribution in [0.15, 0.2) is 0 Å². The normalized spacial score (nSPS) is 23.9. The van der Waals surface area contributed by atoms with Gasteiger partial charge in [-0.25, -0.2) is 9.59 Å². The molecule has 1 amide bonds. The van der Waals surface area contributed by atoms with Gasteiger partial charge in [0.1, 0.15) is 11.6 Å². The number of likely N-dealkylation sites (tertiary alicyclic amines) is 1. The fraction of sp³-hybridized carbons (Fsp3) is 0.833. The predicted molar refractivity (Wildman–Crippen MR) is 64.2 cm³/mol. The fourth-order valence-electron chi connectivity index (χ4n) is 1.85. The molecule has 0 aliphatic carbocycles. The Balaban J connectivity index is 2.77. The molecule has 1 aliphatic heterocycles. The van der Waals surface area contributed by atoms with Crippen LogP contribution in [0.25, 0.3) is 0 Å². The molecule has 2 atom stereocenters. The highest BCUT2D eigenvalue weighted by molar-refractivity contribution is 5.82. The van der Waals surface area contributed by atoms with Crippen LogP contribution in [0.2, 0.25) is 0 Å². The zero-order valence-electron chi connectivity index (χ0n) is 11.6. The second-order valence-electron chi connectivity index (χ2n) is 5.27. The summed E-state index contributed by atoms with van der Waals surface area (Å²) in [6, 6.07) is -0.630. The SMILES string of the molecule is COC(=O)[C@@H]1CC(OC)CN1C(=O)OC(C)(C)C. The van der Waals surface area contributed by atoms with Crippen molar-refractivity contribution < 1.29 is 23.8 Å². The summed E-state index contributed by atoms with van der Waals surface area (Å²) in [4.78, 5) is 25.0. The second kappa shape index (κ2) is 5.56. The Bertz CT molecular complexity index is 323. The molecule has 0 aromatic heterocycles. The van der Waals surface area contributed by atoms with E-state index < -0.39 is 23.7 Å². The van der Waals surface area contributed by atoms with Crippen LogP contribution in [0.3, 0.4) is 0 Å². The molecule has 0 bridgehead atoms. The van der Waals surface area contributed by atoms with E-state index in [1.165, 1.54) is 12.0 Å².